The summed E-state index contributed by atoms with van der Waals surface area (Å²) in [6.45, 7) is 2.07. The Morgan fingerprint density at radius 1 is 1.19 bits per heavy atom. The van der Waals surface area contributed by atoms with Crippen LogP contribution in [0, 0.1) is 5.82 Å². The van der Waals surface area contributed by atoms with Gasteiger partial charge in [0, 0.05) is 23.7 Å². The monoisotopic (exact) mass is 379 g/mol. The van der Waals surface area contributed by atoms with E-state index in [0.717, 1.165) is 27.9 Å². The van der Waals surface area contributed by atoms with Crippen LogP contribution in [0.2, 0.25) is 0 Å². The van der Waals surface area contributed by atoms with Crippen molar-refractivity contribution < 1.29 is 9.18 Å². The number of aryl methyl sites for hydroxylation is 2. The molecule has 0 radical (unpaired) electrons. The van der Waals surface area contributed by atoms with E-state index in [-0.39, 0.29) is 11.7 Å². The number of hydrogen-bond donors (Lipinski definition) is 1. The van der Waals surface area contributed by atoms with Gasteiger partial charge in [-0.1, -0.05) is 31.2 Å². The summed E-state index contributed by atoms with van der Waals surface area (Å²) >= 11 is 1.35. The molecule has 0 fully saturated rings. The second-order valence-corrected chi connectivity index (χ2v) is 7.32. The Morgan fingerprint density at radius 2 is 2.00 bits per heavy atom. The SMILES string of the molecule is CCc1cccc(NC(=O)c2cc3c(-c4ccccc4F)nn(C)c3s2)c1. The van der Waals surface area contributed by atoms with Crippen molar-refractivity contribution in [3.63, 3.8) is 0 Å². The molecule has 2 aromatic heterocycles. The lowest BCUT2D eigenvalue weighted by atomic mass is 10.1. The predicted molar refractivity (Wildman–Crippen MR) is 108 cm³/mol. The number of carbonyl (C=O) groups is 1. The fourth-order valence-electron chi connectivity index (χ4n) is 3.07. The van der Waals surface area contributed by atoms with Crippen LogP contribution in [-0.2, 0) is 13.5 Å². The summed E-state index contributed by atoms with van der Waals surface area (Å²) in [5.74, 6) is -0.505. The van der Waals surface area contributed by atoms with Gasteiger partial charge in [-0.25, -0.2) is 4.39 Å². The molecule has 4 aromatic rings. The smallest absolute Gasteiger partial charge is 0.265 e. The van der Waals surface area contributed by atoms with Crippen molar-refractivity contribution in [3.8, 4) is 11.3 Å². The summed E-state index contributed by atoms with van der Waals surface area (Å²) in [4.78, 5) is 14.1. The van der Waals surface area contributed by atoms with E-state index in [1.54, 1.807) is 36.0 Å². The molecule has 1 N–H and O–H groups in total. The predicted octanol–water partition coefficient (Wildman–Crippen LogP) is 5.26. The maximum absolute atomic E-state index is 14.2. The summed E-state index contributed by atoms with van der Waals surface area (Å²) in [6.07, 6.45) is 0.907. The lowest BCUT2D eigenvalue weighted by molar-refractivity contribution is 0.103. The molecule has 0 unspecified atom stereocenters. The minimum Gasteiger partial charge on any atom is -0.321 e. The number of amides is 1. The molecule has 0 atom stereocenters. The number of anilines is 1. The molecule has 4 nitrogen and oxygen atoms in total. The Hall–Kier alpha value is -2.99. The quantitative estimate of drug-likeness (QED) is 0.526. The molecule has 0 aliphatic heterocycles. The van der Waals surface area contributed by atoms with Gasteiger partial charge in [0.25, 0.3) is 5.91 Å². The third kappa shape index (κ3) is 3.24. The molecule has 6 heteroatoms. The van der Waals surface area contributed by atoms with E-state index in [0.29, 0.717) is 16.1 Å². The Balaban J connectivity index is 1.70. The molecule has 2 heterocycles. The van der Waals surface area contributed by atoms with Gasteiger partial charge in [0.2, 0.25) is 0 Å². The zero-order chi connectivity index (χ0) is 19.0. The molecule has 0 aliphatic rings. The molecule has 0 spiro atoms. The van der Waals surface area contributed by atoms with Crippen LogP contribution in [-0.4, -0.2) is 15.7 Å². The second kappa shape index (κ2) is 6.96. The molecule has 2 aromatic carbocycles. The standard InChI is InChI=1S/C21H18FN3OS/c1-3-13-7-6-8-14(11-13)23-20(26)18-12-16-19(24-25(2)21(16)27-18)15-9-4-5-10-17(15)22/h4-12H,3H2,1-2H3,(H,23,26). The first kappa shape index (κ1) is 17.4. The summed E-state index contributed by atoms with van der Waals surface area (Å²) < 4.78 is 15.9. The molecule has 4 rings (SSSR count). The number of hydrogen-bond acceptors (Lipinski definition) is 3. The van der Waals surface area contributed by atoms with Crippen LogP contribution in [0.3, 0.4) is 0 Å². The first-order valence-electron chi connectivity index (χ1n) is 8.68. The van der Waals surface area contributed by atoms with Crippen LogP contribution in [0.4, 0.5) is 10.1 Å². The van der Waals surface area contributed by atoms with Crippen molar-refractivity contribution in [2.75, 3.05) is 5.32 Å². The third-order valence-corrected chi connectivity index (χ3v) is 5.66. The number of carbonyl (C=O) groups excluding carboxylic acids is 1. The summed E-state index contributed by atoms with van der Waals surface area (Å²) in [6, 6.07) is 16.1. The van der Waals surface area contributed by atoms with Crippen molar-refractivity contribution in [2.24, 2.45) is 7.05 Å². The number of halogens is 1. The average Bonchev–Trinajstić information content (AvgIpc) is 3.23. The van der Waals surface area contributed by atoms with Crippen molar-refractivity contribution in [1.29, 1.82) is 0 Å². The maximum Gasteiger partial charge on any atom is 0.265 e. The summed E-state index contributed by atoms with van der Waals surface area (Å²) in [7, 11) is 1.80. The van der Waals surface area contributed by atoms with Crippen LogP contribution in [0.15, 0.2) is 54.6 Å². The van der Waals surface area contributed by atoms with Crippen molar-refractivity contribution in [2.45, 2.75) is 13.3 Å². The zero-order valence-electron chi connectivity index (χ0n) is 15.0. The van der Waals surface area contributed by atoms with Crippen molar-refractivity contribution in [1.82, 2.24) is 9.78 Å². The number of nitrogens with one attached hydrogen (secondary N) is 1. The van der Waals surface area contributed by atoms with Crippen LogP contribution in [0.5, 0.6) is 0 Å². The number of fused-ring (bicyclic) bond motifs is 1. The number of aromatic nitrogens is 2. The van der Waals surface area contributed by atoms with E-state index in [1.807, 2.05) is 24.3 Å². The first-order chi connectivity index (χ1) is 13.1. The second-order valence-electron chi connectivity index (χ2n) is 6.29. The molecule has 1 amide bonds. The molecular weight excluding hydrogens is 361 g/mol. The van der Waals surface area contributed by atoms with Crippen LogP contribution in [0.1, 0.15) is 22.2 Å². The molecule has 136 valence electrons. The molecule has 27 heavy (non-hydrogen) atoms. The van der Waals surface area contributed by atoms with Gasteiger partial charge in [-0.05, 0) is 42.3 Å². The molecule has 0 bridgehead atoms. The van der Waals surface area contributed by atoms with Gasteiger partial charge in [-0.3, -0.25) is 9.48 Å². The summed E-state index contributed by atoms with van der Waals surface area (Å²) in [5, 5.41) is 8.16. The minimum atomic E-state index is -0.328. The minimum absolute atomic E-state index is 0.177. The average molecular weight is 379 g/mol. The zero-order valence-corrected chi connectivity index (χ0v) is 15.8. The Labute approximate surface area is 160 Å². The van der Waals surface area contributed by atoms with Gasteiger partial charge in [-0.2, -0.15) is 5.10 Å². The van der Waals surface area contributed by atoms with Gasteiger partial charge in [0.15, 0.2) is 0 Å². The Bertz CT molecular complexity index is 1150. The van der Waals surface area contributed by atoms with E-state index in [2.05, 4.69) is 17.3 Å². The number of rotatable bonds is 4. The fourth-order valence-corrected chi connectivity index (χ4v) is 4.03. The van der Waals surface area contributed by atoms with Gasteiger partial charge in [0.05, 0.1) is 4.88 Å². The molecule has 0 saturated carbocycles. The number of benzene rings is 2. The Kier molecular flexibility index (Phi) is 4.49. The highest BCUT2D eigenvalue weighted by Crippen LogP contribution is 2.35. The number of thiophene rings is 1. The van der Waals surface area contributed by atoms with Crippen molar-refractivity contribution in [3.05, 3.63) is 70.9 Å². The van der Waals surface area contributed by atoms with E-state index < -0.39 is 0 Å². The van der Waals surface area contributed by atoms with Gasteiger partial charge in [-0.15, -0.1) is 11.3 Å². The van der Waals surface area contributed by atoms with E-state index in [9.17, 15) is 9.18 Å². The van der Waals surface area contributed by atoms with Crippen LogP contribution in [0.25, 0.3) is 21.5 Å². The molecule has 0 saturated heterocycles. The highest BCUT2D eigenvalue weighted by molar-refractivity contribution is 7.20. The van der Waals surface area contributed by atoms with Gasteiger partial charge >= 0.3 is 0 Å². The van der Waals surface area contributed by atoms with E-state index >= 15 is 0 Å². The molecule has 0 aliphatic carbocycles. The maximum atomic E-state index is 14.2. The summed E-state index contributed by atoms with van der Waals surface area (Å²) in [5.41, 5.74) is 2.91. The van der Waals surface area contributed by atoms with Crippen LogP contribution >= 0.6 is 11.3 Å². The lowest BCUT2D eigenvalue weighted by Crippen LogP contribution is -2.10. The fraction of sp³-hybridized carbons (Fsp3) is 0.143. The first-order valence-corrected chi connectivity index (χ1v) is 9.50. The normalized spacial score (nSPS) is 11.1. The van der Waals surface area contributed by atoms with E-state index in [1.165, 1.54) is 17.4 Å². The third-order valence-electron chi connectivity index (χ3n) is 4.46. The highest BCUT2D eigenvalue weighted by atomic mass is 32.1. The largest absolute Gasteiger partial charge is 0.321 e. The lowest BCUT2D eigenvalue weighted by Gasteiger charge is -2.05. The van der Waals surface area contributed by atoms with Crippen LogP contribution < -0.4 is 5.32 Å². The highest BCUT2D eigenvalue weighted by Gasteiger charge is 2.19. The van der Waals surface area contributed by atoms with Gasteiger partial charge in [0.1, 0.15) is 16.3 Å². The molecular formula is C21H18FN3OS. The number of nitrogens with zero attached hydrogens (tertiary/aromatic N) is 2. The van der Waals surface area contributed by atoms with E-state index in [4.69, 9.17) is 0 Å². The van der Waals surface area contributed by atoms with Gasteiger partial charge < -0.3 is 5.32 Å². The topological polar surface area (TPSA) is 46.9 Å². The van der Waals surface area contributed by atoms with Crippen molar-refractivity contribution >= 4 is 33.1 Å². The Morgan fingerprint density at radius 3 is 2.78 bits per heavy atom.